The van der Waals surface area contributed by atoms with Crippen molar-refractivity contribution in [1.82, 2.24) is 10.6 Å². The Bertz CT molecular complexity index is 270. The third kappa shape index (κ3) is 11.4. The Kier molecular flexibility index (Phi) is 7.59. The fraction of sp³-hybridized carbons (Fsp3) is 0.846. The lowest BCUT2D eigenvalue weighted by Crippen LogP contribution is -2.32. The Labute approximate surface area is 110 Å². The van der Waals surface area contributed by atoms with E-state index < -0.39 is 5.60 Å². The van der Waals surface area contributed by atoms with Crippen LogP contribution in [0.3, 0.4) is 0 Å². The van der Waals surface area contributed by atoms with Gasteiger partial charge in [-0.3, -0.25) is 9.59 Å². The fourth-order valence-electron chi connectivity index (χ4n) is 1.26. The van der Waals surface area contributed by atoms with E-state index in [1.807, 2.05) is 34.6 Å². The first-order chi connectivity index (χ1) is 8.20. The molecule has 0 heterocycles. The molecule has 18 heavy (non-hydrogen) atoms. The molecule has 0 aromatic heterocycles. The highest BCUT2D eigenvalue weighted by atomic mass is 16.6. The van der Waals surface area contributed by atoms with Crippen molar-refractivity contribution in [2.24, 2.45) is 0 Å². The van der Waals surface area contributed by atoms with E-state index in [1.165, 1.54) is 0 Å². The molecule has 0 fully saturated rings. The number of hydrogen-bond acceptors (Lipinski definition) is 4. The average molecular weight is 258 g/mol. The van der Waals surface area contributed by atoms with Crippen molar-refractivity contribution in [3.05, 3.63) is 0 Å². The van der Waals surface area contributed by atoms with Gasteiger partial charge < -0.3 is 15.4 Å². The first kappa shape index (κ1) is 16.9. The normalized spacial score (nSPS) is 11.4. The van der Waals surface area contributed by atoms with E-state index in [9.17, 15) is 9.59 Å². The maximum atomic E-state index is 11.4. The highest BCUT2D eigenvalue weighted by molar-refractivity contribution is 5.77. The molecule has 0 aromatic rings. The number of amides is 1. The SMILES string of the molecule is CC(C)NCCC(=O)NCCC(=O)OC(C)(C)C. The van der Waals surface area contributed by atoms with Crippen LogP contribution < -0.4 is 10.6 Å². The van der Waals surface area contributed by atoms with Crippen LogP contribution in [0.15, 0.2) is 0 Å². The molecule has 0 bridgehead atoms. The van der Waals surface area contributed by atoms with E-state index in [0.717, 1.165) is 0 Å². The molecule has 0 saturated heterocycles. The van der Waals surface area contributed by atoms with Crippen molar-refractivity contribution >= 4 is 11.9 Å². The first-order valence-electron chi connectivity index (χ1n) is 6.42. The molecule has 0 saturated carbocycles. The predicted octanol–water partition coefficient (Wildman–Crippen LogP) is 1.22. The Morgan fingerprint density at radius 3 is 2.22 bits per heavy atom. The Balaban J connectivity index is 3.59. The molecule has 0 aliphatic rings. The quantitative estimate of drug-likeness (QED) is 0.674. The maximum Gasteiger partial charge on any atom is 0.308 e. The highest BCUT2D eigenvalue weighted by Gasteiger charge is 2.15. The van der Waals surface area contributed by atoms with E-state index >= 15 is 0 Å². The molecule has 0 aliphatic heterocycles. The van der Waals surface area contributed by atoms with Gasteiger partial charge in [0.05, 0.1) is 6.42 Å². The zero-order valence-corrected chi connectivity index (χ0v) is 12.1. The minimum atomic E-state index is -0.470. The molecule has 0 aromatic carbocycles. The summed E-state index contributed by atoms with van der Waals surface area (Å²) in [4.78, 5) is 22.7. The molecule has 106 valence electrons. The highest BCUT2D eigenvalue weighted by Crippen LogP contribution is 2.07. The summed E-state index contributed by atoms with van der Waals surface area (Å²) in [6.07, 6.45) is 0.632. The van der Waals surface area contributed by atoms with Crippen LogP contribution in [-0.4, -0.2) is 36.6 Å². The second kappa shape index (κ2) is 8.08. The smallest absolute Gasteiger partial charge is 0.308 e. The summed E-state index contributed by atoms with van der Waals surface area (Å²) >= 11 is 0. The molecule has 0 atom stereocenters. The van der Waals surface area contributed by atoms with E-state index in [2.05, 4.69) is 10.6 Å². The molecule has 0 radical (unpaired) electrons. The standard InChI is InChI=1S/C13H26N2O3/c1-10(2)14-8-6-11(16)15-9-7-12(17)18-13(3,4)5/h10,14H,6-9H2,1-5H3,(H,15,16). The number of carbonyl (C=O) groups is 2. The van der Waals surface area contributed by atoms with Gasteiger partial charge in [-0.05, 0) is 20.8 Å². The van der Waals surface area contributed by atoms with Gasteiger partial charge in [-0.2, -0.15) is 0 Å². The third-order valence-corrected chi connectivity index (χ3v) is 1.98. The number of esters is 1. The van der Waals surface area contributed by atoms with Gasteiger partial charge in [0.15, 0.2) is 0 Å². The Morgan fingerprint density at radius 2 is 1.72 bits per heavy atom. The van der Waals surface area contributed by atoms with Crippen LogP contribution in [0.1, 0.15) is 47.5 Å². The van der Waals surface area contributed by atoms with Crippen molar-refractivity contribution in [2.45, 2.75) is 59.1 Å². The fourth-order valence-corrected chi connectivity index (χ4v) is 1.26. The lowest BCUT2D eigenvalue weighted by molar-refractivity contribution is -0.154. The minimum Gasteiger partial charge on any atom is -0.460 e. The van der Waals surface area contributed by atoms with Crippen LogP contribution in [0.5, 0.6) is 0 Å². The van der Waals surface area contributed by atoms with E-state index in [0.29, 0.717) is 25.6 Å². The summed E-state index contributed by atoms with van der Waals surface area (Å²) in [5.74, 6) is -0.338. The summed E-state index contributed by atoms with van der Waals surface area (Å²) in [5, 5.41) is 5.85. The van der Waals surface area contributed by atoms with Crippen molar-refractivity contribution in [2.75, 3.05) is 13.1 Å². The van der Waals surface area contributed by atoms with Crippen LogP contribution in [-0.2, 0) is 14.3 Å². The molecule has 5 heteroatoms. The van der Waals surface area contributed by atoms with Gasteiger partial charge in [0.1, 0.15) is 5.60 Å². The van der Waals surface area contributed by atoms with Crippen molar-refractivity contribution in [3.8, 4) is 0 Å². The van der Waals surface area contributed by atoms with Crippen LogP contribution in [0.4, 0.5) is 0 Å². The van der Waals surface area contributed by atoms with Gasteiger partial charge in [0, 0.05) is 25.6 Å². The lowest BCUT2D eigenvalue weighted by atomic mass is 10.2. The zero-order valence-electron chi connectivity index (χ0n) is 12.1. The van der Waals surface area contributed by atoms with Crippen LogP contribution >= 0.6 is 0 Å². The zero-order chi connectivity index (χ0) is 14.2. The van der Waals surface area contributed by atoms with E-state index in [-0.39, 0.29) is 18.3 Å². The van der Waals surface area contributed by atoms with Gasteiger partial charge in [-0.15, -0.1) is 0 Å². The number of ether oxygens (including phenoxy) is 1. The summed E-state index contributed by atoms with van der Waals surface area (Å²) in [6, 6.07) is 0.375. The van der Waals surface area contributed by atoms with Crippen LogP contribution in [0, 0.1) is 0 Å². The lowest BCUT2D eigenvalue weighted by Gasteiger charge is -2.19. The Hall–Kier alpha value is -1.10. The molecule has 0 spiro atoms. The largest absolute Gasteiger partial charge is 0.460 e. The van der Waals surface area contributed by atoms with Gasteiger partial charge in [0.25, 0.3) is 0 Å². The van der Waals surface area contributed by atoms with Gasteiger partial charge in [-0.25, -0.2) is 0 Å². The van der Waals surface area contributed by atoms with Gasteiger partial charge in [-0.1, -0.05) is 13.8 Å². The summed E-state index contributed by atoms with van der Waals surface area (Å²) < 4.78 is 5.13. The van der Waals surface area contributed by atoms with Crippen molar-refractivity contribution in [3.63, 3.8) is 0 Å². The minimum absolute atomic E-state index is 0.0493. The number of hydrogen-bond donors (Lipinski definition) is 2. The van der Waals surface area contributed by atoms with Crippen LogP contribution in [0.25, 0.3) is 0 Å². The second-order valence-electron chi connectivity index (χ2n) is 5.55. The van der Waals surface area contributed by atoms with E-state index in [4.69, 9.17) is 4.74 Å². The summed E-state index contributed by atoms with van der Waals surface area (Å²) in [7, 11) is 0. The summed E-state index contributed by atoms with van der Waals surface area (Å²) in [5.41, 5.74) is -0.470. The van der Waals surface area contributed by atoms with Crippen molar-refractivity contribution < 1.29 is 14.3 Å². The molecule has 5 nitrogen and oxygen atoms in total. The summed E-state index contributed by atoms with van der Waals surface area (Å²) in [6.45, 7) is 10.5. The molecule has 0 unspecified atom stereocenters. The molecular formula is C13H26N2O3. The first-order valence-corrected chi connectivity index (χ1v) is 6.42. The number of nitrogens with one attached hydrogen (secondary N) is 2. The van der Waals surface area contributed by atoms with Crippen LogP contribution in [0.2, 0.25) is 0 Å². The average Bonchev–Trinajstić information content (AvgIpc) is 2.13. The molecule has 1 amide bonds. The molecule has 2 N–H and O–H groups in total. The second-order valence-corrected chi connectivity index (χ2v) is 5.55. The number of carbonyl (C=O) groups excluding carboxylic acids is 2. The van der Waals surface area contributed by atoms with E-state index in [1.54, 1.807) is 0 Å². The van der Waals surface area contributed by atoms with Gasteiger partial charge >= 0.3 is 5.97 Å². The molecule has 0 aliphatic carbocycles. The topological polar surface area (TPSA) is 67.4 Å². The van der Waals surface area contributed by atoms with Gasteiger partial charge in [0.2, 0.25) is 5.91 Å². The molecular weight excluding hydrogens is 232 g/mol. The maximum absolute atomic E-state index is 11.4. The predicted molar refractivity (Wildman–Crippen MR) is 71.2 cm³/mol. The van der Waals surface area contributed by atoms with Crippen molar-refractivity contribution in [1.29, 1.82) is 0 Å². The third-order valence-electron chi connectivity index (χ3n) is 1.98. The number of rotatable bonds is 7. The monoisotopic (exact) mass is 258 g/mol. The molecule has 0 rings (SSSR count). The Morgan fingerprint density at radius 1 is 1.11 bits per heavy atom.